The van der Waals surface area contributed by atoms with Crippen LogP contribution in [0, 0.1) is 0 Å². The maximum atomic E-state index is 12.3. The minimum Gasteiger partial charge on any atom is -0.356 e. The first-order valence-corrected chi connectivity index (χ1v) is 10.2. The van der Waals surface area contributed by atoms with Crippen LogP contribution in [0.2, 0.25) is 0 Å². The van der Waals surface area contributed by atoms with Crippen molar-refractivity contribution in [3.05, 3.63) is 84.4 Å². The van der Waals surface area contributed by atoms with Crippen LogP contribution in [0.15, 0.2) is 83.8 Å². The highest BCUT2D eigenvalue weighted by Gasteiger charge is 2.13. The molecule has 2 N–H and O–H groups in total. The lowest BCUT2D eigenvalue weighted by Crippen LogP contribution is -2.12. The second-order valence-electron chi connectivity index (χ2n) is 5.95. The van der Waals surface area contributed by atoms with Crippen LogP contribution in [-0.2, 0) is 9.84 Å². The molecule has 0 bridgehead atoms. The summed E-state index contributed by atoms with van der Waals surface area (Å²) in [6.45, 7) is 1.59. The molecule has 0 aliphatic heterocycles. The molecule has 0 atom stereocenters. The summed E-state index contributed by atoms with van der Waals surface area (Å²) in [7, 11) is -3.27. The Bertz CT molecular complexity index is 1010. The second-order valence-corrected chi connectivity index (χ2v) is 8.23. The van der Waals surface area contributed by atoms with Gasteiger partial charge in [0.15, 0.2) is 9.84 Å². The van der Waals surface area contributed by atoms with E-state index < -0.39 is 9.84 Å². The van der Waals surface area contributed by atoms with E-state index in [1.165, 1.54) is 24.3 Å². The van der Waals surface area contributed by atoms with Crippen molar-refractivity contribution in [1.82, 2.24) is 0 Å². The topological polar surface area (TPSA) is 75.3 Å². The van der Waals surface area contributed by atoms with Gasteiger partial charge in [-0.25, -0.2) is 8.42 Å². The molecule has 0 radical (unpaired) electrons. The number of carbonyl (C=O) groups excluding carboxylic acids is 1. The fourth-order valence-corrected chi connectivity index (χ4v) is 3.39. The van der Waals surface area contributed by atoms with E-state index >= 15 is 0 Å². The average Bonchev–Trinajstić information content (AvgIpc) is 2.70. The molecule has 3 aromatic carbocycles. The summed E-state index contributed by atoms with van der Waals surface area (Å²) in [5.41, 5.74) is 2.95. The SMILES string of the molecule is CCS(=O)(=O)c1ccc(C(=O)Nc2ccc(Nc3ccccc3)cc2)cc1. The smallest absolute Gasteiger partial charge is 0.255 e. The number of amides is 1. The number of rotatable bonds is 6. The van der Waals surface area contributed by atoms with Gasteiger partial charge in [0.25, 0.3) is 5.91 Å². The Labute approximate surface area is 159 Å². The van der Waals surface area contributed by atoms with E-state index in [0.29, 0.717) is 11.3 Å². The van der Waals surface area contributed by atoms with Crippen LogP contribution in [0.25, 0.3) is 0 Å². The molecule has 3 rings (SSSR count). The van der Waals surface area contributed by atoms with Gasteiger partial charge in [0.2, 0.25) is 0 Å². The molecule has 0 heterocycles. The Balaban J connectivity index is 1.65. The molecule has 1 amide bonds. The summed E-state index contributed by atoms with van der Waals surface area (Å²) in [5, 5.41) is 6.08. The number of carbonyl (C=O) groups is 1. The molecule has 0 saturated heterocycles. The van der Waals surface area contributed by atoms with E-state index in [1.807, 2.05) is 42.5 Å². The minimum absolute atomic E-state index is 0.0297. The Hall–Kier alpha value is -3.12. The van der Waals surface area contributed by atoms with Gasteiger partial charge >= 0.3 is 0 Å². The van der Waals surface area contributed by atoms with Gasteiger partial charge in [0, 0.05) is 22.6 Å². The zero-order valence-corrected chi connectivity index (χ0v) is 15.7. The molecule has 0 fully saturated rings. The van der Waals surface area contributed by atoms with Gasteiger partial charge < -0.3 is 10.6 Å². The van der Waals surface area contributed by atoms with Gasteiger partial charge in [-0.1, -0.05) is 25.1 Å². The predicted octanol–water partition coefficient (Wildman–Crippen LogP) is 4.48. The van der Waals surface area contributed by atoms with E-state index in [9.17, 15) is 13.2 Å². The van der Waals surface area contributed by atoms with Crippen LogP contribution in [0.5, 0.6) is 0 Å². The second kappa shape index (κ2) is 8.05. The summed E-state index contributed by atoms with van der Waals surface area (Å²) in [6, 6.07) is 23.1. The van der Waals surface area contributed by atoms with E-state index in [1.54, 1.807) is 19.1 Å². The third-order valence-electron chi connectivity index (χ3n) is 4.06. The van der Waals surface area contributed by atoms with Crippen LogP contribution in [0.4, 0.5) is 17.1 Å². The first-order valence-electron chi connectivity index (χ1n) is 8.54. The molecule has 0 saturated carbocycles. The fourth-order valence-electron chi connectivity index (χ4n) is 2.51. The molecule has 3 aromatic rings. The standard InChI is InChI=1S/C21H20N2O3S/c1-2-27(25,26)20-14-8-16(9-15-20)21(24)23-19-12-10-18(11-13-19)22-17-6-4-3-5-7-17/h3-15,22H,2H2,1H3,(H,23,24). The van der Waals surface area contributed by atoms with E-state index in [2.05, 4.69) is 10.6 Å². The Morgan fingerprint density at radius 2 is 1.33 bits per heavy atom. The van der Waals surface area contributed by atoms with Crippen molar-refractivity contribution < 1.29 is 13.2 Å². The molecular formula is C21H20N2O3S. The van der Waals surface area contributed by atoms with Crippen molar-refractivity contribution in [1.29, 1.82) is 0 Å². The zero-order valence-electron chi connectivity index (χ0n) is 14.8. The number of nitrogens with one attached hydrogen (secondary N) is 2. The van der Waals surface area contributed by atoms with Crippen molar-refractivity contribution in [3.63, 3.8) is 0 Å². The Morgan fingerprint density at radius 3 is 1.93 bits per heavy atom. The molecule has 6 heteroatoms. The monoisotopic (exact) mass is 380 g/mol. The van der Waals surface area contributed by atoms with E-state index in [0.717, 1.165) is 11.4 Å². The number of benzene rings is 3. The van der Waals surface area contributed by atoms with Crippen LogP contribution < -0.4 is 10.6 Å². The molecule has 0 spiro atoms. The number of hydrogen-bond acceptors (Lipinski definition) is 4. The normalized spacial score (nSPS) is 11.0. The number of hydrogen-bond donors (Lipinski definition) is 2. The van der Waals surface area contributed by atoms with Gasteiger partial charge in [0.1, 0.15) is 0 Å². The molecule has 27 heavy (non-hydrogen) atoms. The molecule has 0 aliphatic rings. The van der Waals surface area contributed by atoms with Crippen molar-refractivity contribution >= 4 is 32.8 Å². The maximum Gasteiger partial charge on any atom is 0.255 e. The lowest BCUT2D eigenvalue weighted by molar-refractivity contribution is 0.102. The van der Waals surface area contributed by atoms with Crippen molar-refractivity contribution in [2.45, 2.75) is 11.8 Å². The van der Waals surface area contributed by atoms with Crippen LogP contribution in [0.3, 0.4) is 0 Å². The molecule has 5 nitrogen and oxygen atoms in total. The third kappa shape index (κ3) is 4.74. The highest BCUT2D eigenvalue weighted by Crippen LogP contribution is 2.19. The number of para-hydroxylation sites is 1. The number of sulfone groups is 1. The third-order valence-corrected chi connectivity index (χ3v) is 5.81. The first-order chi connectivity index (χ1) is 13.0. The summed E-state index contributed by atoms with van der Waals surface area (Å²) in [6.07, 6.45) is 0. The average molecular weight is 380 g/mol. The Kier molecular flexibility index (Phi) is 5.57. The minimum atomic E-state index is -3.27. The lowest BCUT2D eigenvalue weighted by atomic mass is 10.2. The lowest BCUT2D eigenvalue weighted by Gasteiger charge is -2.09. The highest BCUT2D eigenvalue weighted by atomic mass is 32.2. The zero-order chi connectivity index (χ0) is 19.3. The summed E-state index contributed by atoms with van der Waals surface area (Å²) >= 11 is 0. The van der Waals surface area contributed by atoms with Gasteiger partial charge in [-0.2, -0.15) is 0 Å². The van der Waals surface area contributed by atoms with Crippen LogP contribution in [0.1, 0.15) is 17.3 Å². The van der Waals surface area contributed by atoms with Gasteiger partial charge in [0.05, 0.1) is 10.6 Å². The quantitative estimate of drug-likeness (QED) is 0.661. The largest absolute Gasteiger partial charge is 0.356 e. The fraction of sp³-hybridized carbons (Fsp3) is 0.0952. The molecule has 0 aromatic heterocycles. The highest BCUT2D eigenvalue weighted by molar-refractivity contribution is 7.91. The molecular weight excluding hydrogens is 360 g/mol. The first kappa shape index (κ1) is 18.7. The van der Waals surface area contributed by atoms with Gasteiger partial charge in [-0.3, -0.25) is 4.79 Å². The maximum absolute atomic E-state index is 12.3. The molecule has 138 valence electrons. The summed E-state index contributed by atoms with van der Waals surface area (Å²) in [4.78, 5) is 12.6. The summed E-state index contributed by atoms with van der Waals surface area (Å²) in [5.74, 6) is -0.263. The van der Waals surface area contributed by atoms with Crippen LogP contribution in [-0.4, -0.2) is 20.1 Å². The van der Waals surface area contributed by atoms with E-state index in [-0.39, 0.29) is 16.6 Å². The van der Waals surface area contributed by atoms with Gasteiger partial charge in [-0.15, -0.1) is 0 Å². The van der Waals surface area contributed by atoms with Crippen molar-refractivity contribution in [2.24, 2.45) is 0 Å². The van der Waals surface area contributed by atoms with E-state index in [4.69, 9.17) is 0 Å². The summed E-state index contributed by atoms with van der Waals surface area (Å²) < 4.78 is 23.7. The molecule has 0 aliphatic carbocycles. The predicted molar refractivity (Wildman–Crippen MR) is 108 cm³/mol. The molecule has 0 unspecified atom stereocenters. The number of anilines is 3. The van der Waals surface area contributed by atoms with Crippen molar-refractivity contribution in [3.8, 4) is 0 Å². The van der Waals surface area contributed by atoms with Crippen LogP contribution >= 0.6 is 0 Å². The Morgan fingerprint density at radius 1 is 0.778 bits per heavy atom. The van der Waals surface area contributed by atoms with Crippen molar-refractivity contribution in [2.75, 3.05) is 16.4 Å². The van der Waals surface area contributed by atoms with Gasteiger partial charge in [-0.05, 0) is 60.7 Å².